The summed E-state index contributed by atoms with van der Waals surface area (Å²) in [5.74, 6) is 0. The quantitative estimate of drug-likeness (QED) is 0.717. The van der Waals surface area contributed by atoms with Crippen LogP contribution in [0.3, 0.4) is 0 Å². The van der Waals surface area contributed by atoms with Gasteiger partial charge in [0.25, 0.3) is 0 Å². The summed E-state index contributed by atoms with van der Waals surface area (Å²) in [7, 11) is 1.68. The van der Waals surface area contributed by atoms with E-state index in [2.05, 4.69) is 27.7 Å². The highest BCUT2D eigenvalue weighted by Crippen LogP contribution is 2.23. The molecule has 2 atom stereocenters. The maximum absolute atomic E-state index is 9.88. The first-order chi connectivity index (χ1) is 6.40. The van der Waals surface area contributed by atoms with E-state index in [-0.39, 0.29) is 12.2 Å². The van der Waals surface area contributed by atoms with E-state index in [4.69, 9.17) is 4.74 Å². The molecule has 0 aromatic rings. The highest BCUT2D eigenvalue weighted by molar-refractivity contribution is 4.72. The minimum Gasteiger partial charge on any atom is -0.390 e. The summed E-state index contributed by atoms with van der Waals surface area (Å²) in [5, 5.41) is 9.88. The molecule has 0 saturated heterocycles. The minimum absolute atomic E-state index is 0.0161. The van der Waals surface area contributed by atoms with Crippen LogP contribution in [-0.4, -0.2) is 24.4 Å². The van der Waals surface area contributed by atoms with Crippen LogP contribution in [0.2, 0.25) is 0 Å². The monoisotopic (exact) mass is 202 g/mol. The van der Waals surface area contributed by atoms with Gasteiger partial charge in [-0.3, -0.25) is 0 Å². The van der Waals surface area contributed by atoms with Gasteiger partial charge in [0.15, 0.2) is 0 Å². The first-order valence-electron chi connectivity index (χ1n) is 5.61. The van der Waals surface area contributed by atoms with Crippen molar-refractivity contribution in [3.8, 4) is 0 Å². The van der Waals surface area contributed by atoms with Crippen LogP contribution in [0.25, 0.3) is 0 Å². The van der Waals surface area contributed by atoms with E-state index >= 15 is 0 Å². The number of rotatable bonds is 6. The zero-order valence-electron chi connectivity index (χ0n) is 10.3. The molecule has 0 amide bonds. The summed E-state index contributed by atoms with van der Waals surface area (Å²) in [6.45, 7) is 8.70. The van der Waals surface area contributed by atoms with Gasteiger partial charge in [0.1, 0.15) is 0 Å². The van der Waals surface area contributed by atoms with Gasteiger partial charge in [0.2, 0.25) is 0 Å². The topological polar surface area (TPSA) is 29.5 Å². The molecular weight excluding hydrogens is 176 g/mol. The Kier molecular flexibility index (Phi) is 6.38. The molecule has 0 spiro atoms. The van der Waals surface area contributed by atoms with E-state index in [9.17, 15) is 5.11 Å². The zero-order chi connectivity index (χ0) is 11.2. The molecule has 0 bridgehead atoms. The Bertz CT molecular complexity index is 138. The van der Waals surface area contributed by atoms with Crippen molar-refractivity contribution >= 4 is 0 Å². The second kappa shape index (κ2) is 6.41. The molecule has 0 aliphatic rings. The maximum atomic E-state index is 9.88. The highest BCUT2D eigenvalue weighted by atomic mass is 16.5. The van der Waals surface area contributed by atoms with Crippen LogP contribution in [0.1, 0.15) is 53.4 Å². The van der Waals surface area contributed by atoms with E-state index in [1.54, 1.807) is 7.11 Å². The number of aliphatic hydroxyl groups is 1. The largest absolute Gasteiger partial charge is 0.390 e. The summed E-state index contributed by atoms with van der Waals surface area (Å²) in [5.41, 5.74) is 0.297. The molecule has 0 fully saturated rings. The van der Waals surface area contributed by atoms with Gasteiger partial charge in [0, 0.05) is 7.11 Å². The Hall–Kier alpha value is -0.0800. The molecule has 0 radical (unpaired) electrons. The average molecular weight is 202 g/mol. The third-order valence-electron chi connectivity index (χ3n) is 2.50. The minimum atomic E-state index is -0.306. The number of ether oxygens (including phenoxy) is 1. The molecule has 2 unspecified atom stereocenters. The van der Waals surface area contributed by atoms with Gasteiger partial charge in [-0.05, 0) is 24.7 Å². The third-order valence-corrected chi connectivity index (χ3v) is 2.50. The van der Waals surface area contributed by atoms with E-state index in [1.165, 1.54) is 0 Å². The second-order valence-corrected chi connectivity index (χ2v) is 5.23. The molecule has 0 heterocycles. The Morgan fingerprint density at radius 2 is 1.79 bits per heavy atom. The van der Waals surface area contributed by atoms with Crippen LogP contribution < -0.4 is 0 Å². The summed E-state index contributed by atoms with van der Waals surface area (Å²) < 4.78 is 5.27. The number of methoxy groups -OCH3 is 1. The molecule has 0 aromatic carbocycles. The summed E-state index contributed by atoms with van der Waals surface area (Å²) >= 11 is 0. The van der Waals surface area contributed by atoms with Gasteiger partial charge in [-0.1, -0.05) is 34.1 Å². The van der Waals surface area contributed by atoms with E-state index in [0.29, 0.717) is 5.41 Å². The molecule has 0 rings (SSSR count). The average Bonchev–Trinajstić information content (AvgIpc) is 2.09. The van der Waals surface area contributed by atoms with Crippen LogP contribution in [0.15, 0.2) is 0 Å². The lowest BCUT2D eigenvalue weighted by molar-refractivity contribution is -0.0244. The fraction of sp³-hybridized carbons (Fsp3) is 1.00. The van der Waals surface area contributed by atoms with Gasteiger partial charge >= 0.3 is 0 Å². The number of aliphatic hydroxyl groups excluding tert-OH is 1. The van der Waals surface area contributed by atoms with Crippen LogP contribution >= 0.6 is 0 Å². The van der Waals surface area contributed by atoms with Gasteiger partial charge in [-0.15, -0.1) is 0 Å². The Morgan fingerprint density at radius 1 is 1.21 bits per heavy atom. The van der Waals surface area contributed by atoms with Crippen molar-refractivity contribution in [3.63, 3.8) is 0 Å². The van der Waals surface area contributed by atoms with Crippen LogP contribution in [0.4, 0.5) is 0 Å². The molecule has 86 valence electrons. The smallest absolute Gasteiger partial charge is 0.0830 e. The number of hydrogen-bond acceptors (Lipinski definition) is 2. The highest BCUT2D eigenvalue weighted by Gasteiger charge is 2.20. The molecule has 1 N–H and O–H groups in total. The van der Waals surface area contributed by atoms with Crippen molar-refractivity contribution in [3.05, 3.63) is 0 Å². The van der Waals surface area contributed by atoms with Crippen LogP contribution in [0, 0.1) is 5.41 Å². The normalized spacial score (nSPS) is 16.7. The van der Waals surface area contributed by atoms with Crippen LogP contribution in [-0.2, 0) is 4.74 Å². The van der Waals surface area contributed by atoms with Crippen LogP contribution in [0.5, 0.6) is 0 Å². The van der Waals surface area contributed by atoms with Gasteiger partial charge < -0.3 is 9.84 Å². The summed E-state index contributed by atoms with van der Waals surface area (Å²) in [4.78, 5) is 0. The first-order valence-corrected chi connectivity index (χ1v) is 5.61. The molecule has 2 nitrogen and oxygen atoms in total. The van der Waals surface area contributed by atoms with E-state index in [1.807, 2.05) is 0 Å². The SMILES string of the molecule is CCCC(OC)C(O)CCC(C)(C)C. The van der Waals surface area contributed by atoms with Crippen molar-refractivity contribution in [1.29, 1.82) is 0 Å². The Balaban J connectivity index is 3.85. The molecular formula is C12H26O2. The molecule has 0 aliphatic heterocycles. The zero-order valence-corrected chi connectivity index (χ0v) is 10.3. The molecule has 14 heavy (non-hydrogen) atoms. The predicted molar refractivity (Wildman–Crippen MR) is 60.4 cm³/mol. The third kappa shape index (κ3) is 6.39. The molecule has 0 saturated carbocycles. The van der Waals surface area contributed by atoms with Crippen molar-refractivity contribution < 1.29 is 9.84 Å². The fourth-order valence-electron chi connectivity index (χ4n) is 1.52. The fourth-order valence-corrected chi connectivity index (χ4v) is 1.52. The molecule has 0 aliphatic carbocycles. The molecule has 2 heteroatoms. The van der Waals surface area contributed by atoms with Gasteiger partial charge in [-0.2, -0.15) is 0 Å². The first kappa shape index (κ1) is 13.9. The lowest BCUT2D eigenvalue weighted by atomic mass is 9.88. The van der Waals surface area contributed by atoms with Gasteiger partial charge in [-0.25, -0.2) is 0 Å². The lowest BCUT2D eigenvalue weighted by Crippen LogP contribution is -2.29. The lowest BCUT2D eigenvalue weighted by Gasteiger charge is -2.25. The van der Waals surface area contributed by atoms with E-state index < -0.39 is 0 Å². The standard InChI is InChI=1S/C12H26O2/c1-6-7-11(14-5)10(13)8-9-12(2,3)4/h10-11,13H,6-9H2,1-5H3. The molecule has 0 aromatic heterocycles. The van der Waals surface area contributed by atoms with E-state index in [0.717, 1.165) is 25.7 Å². The summed E-state index contributed by atoms with van der Waals surface area (Å²) in [6.07, 6.45) is 3.59. The Labute approximate surface area is 88.7 Å². The van der Waals surface area contributed by atoms with Crippen molar-refractivity contribution in [1.82, 2.24) is 0 Å². The van der Waals surface area contributed by atoms with Crippen molar-refractivity contribution in [2.45, 2.75) is 65.6 Å². The Morgan fingerprint density at radius 3 is 2.14 bits per heavy atom. The number of hydrogen-bond donors (Lipinski definition) is 1. The van der Waals surface area contributed by atoms with Gasteiger partial charge in [0.05, 0.1) is 12.2 Å². The van der Waals surface area contributed by atoms with Crippen molar-refractivity contribution in [2.24, 2.45) is 5.41 Å². The maximum Gasteiger partial charge on any atom is 0.0830 e. The summed E-state index contributed by atoms with van der Waals surface area (Å²) in [6, 6.07) is 0. The predicted octanol–water partition coefficient (Wildman–Crippen LogP) is 2.99. The van der Waals surface area contributed by atoms with Crippen molar-refractivity contribution in [2.75, 3.05) is 7.11 Å². The second-order valence-electron chi connectivity index (χ2n) is 5.23.